The van der Waals surface area contributed by atoms with Gasteiger partial charge in [-0.15, -0.1) is 0 Å². The molecule has 3 rings (SSSR count). The minimum absolute atomic E-state index is 0.0967. The average molecular weight is 281 g/mol. The van der Waals surface area contributed by atoms with Crippen molar-refractivity contribution in [3.63, 3.8) is 0 Å². The Morgan fingerprint density at radius 1 is 1.00 bits per heavy atom. The predicted molar refractivity (Wildman–Crippen MR) is 82.6 cm³/mol. The molecule has 0 bridgehead atoms. The Hall–Kier alpha value is -2.13. The molecule has 0 unspecified atom stereocenters. The molecule has 0 saturated heterocycles. The van der Waals surface area contributed by atoms with Crippen LogP contribution < -0.4 is 10.1 Å². The quantitative estimate of drug-likeness (QED) is 0.937. The normalized spacial score (nSPS) is 21.0. The fourth-order valence-electron chi connectivity index (χ4n) is 2.71. The van der Waals surface area contributed by atoms with E-state index in [4.69, 9.17) is 4.74 Å². The summed E-state index contributed by atoms with van der Waals surface area (Å²) < 4.78 is 6.12. The van der Waals surface area contributed by atoms with Crippen molar-refractivity contribution >= 4 is 5.78 Å². The van der Waals surface area contributed by atoms with E-state index in [-0.39, 0.29) is 24.0 Å². The number of benzene rings is 2. The minimum atomic E-state index is -0.359. The van der Waals surface area contributed by atoms with Gasteiger partial charge in [-0.05, 0) is 17.7 Å². The van der Waals surface area contributed by atoms with E-state index in [0.29, 0.717) is 11.3 Å². The van der Waals surface area contributed by atoms with Crippen LogP contribution in [0.1, 0.15) is 35.9 Å². The van der Waals surface area contributed by atoms with Gasteiger partial charge in [-0.3, -0.25) is 4.79 Å². The van der Waals surface area contributed by atoms with Crippen molar-refractivity contribution in [2.75, 3.05) is 0 Å². The minimum Gasteiger partial charge on any atom is -0.483 e. The van der Waals surface area contributed by atoms with Gasteiger partial charge in [0.1, 0.15) is 17.9 Å². The number of hydrogen-bond donors (Lipinski definition) is 1. The summed E-state index contributed by atoms with van der Waals surface area (Å²) in [5, 5.41) is 3.35. The maximum absolute atomic E-state index is 12.8. The maximum Gasteiger partial charge on any atom is 0.187 e. The number of rotatable bonds is 3. The van der Waals surface area contributed by atoms with Crippen molar-refractivity contribution in [2.24, 2.45) is 0 Å². The Morgan fingerprint density at radius 3 is 2.38 bits per heavy atom. The number of nitrogens with one attached hydrogen (secondary N) is 1. The molecule has 1 N–H and O–H groups in total. The van der Waals surface area contributed by atoms with Crippen LogP contribution in [0.5, 0.6) is 5.75 Å². The highest BCUT2D eigenvalue weighted by molar-refractivity contribution is 6.03. The summed E-state index contributed by atoms with van der Waals surface area (Å²) in [6.07, 6.45) is -0.295. The Kier molecular flexibility index (Phi) is 3.76. The lowest BCUT2D eigenvalue weighted by molar-refractivity contribution is 0.0721. The van der Waals surface area contributed by atoms with Gasteiger partial charge in [0, 0.05) is 6.04 Å². The first-order valence-corrected chi connectivity index (χ1v) is 7.27. The van der Waals surface area contributed by atoms with Gasteiger partial charge in [0.25, 0.3) is 0 Å². The molecule has 0 radical (unpaired) electrons. The number of hydrogen-bond acceptors (Lipinski definition) is 3. The third kappa shape index (κ3) is 2.69. The van der Waals surface area contributed by atoms with Crippen molar-refractivity contribution in [3.05, 3.63) is 65.7 Å². The van der Waals surface area contributed by atoms with Crippen LogP contribution in [0.4, 0.5) is 0 Å². The van der Waals surface area contributed by atoms with E-state index >= 15 is 0 Å². The summed E-state index contributed by atoms with van der Waals surface area (Å²) in [5.41, 5.74) is 1.67. The number of ketones is 1. The monoisotopic (exact) mass is 281 g/mol. The molecule has 1 aliphatic heterocycles. The number of carbonyl (C=O) groups is 1. The Labute approximate surface area is 124 Å². The fraction of sp³-hybridized carbons (Fsp3) is 0.278. The molecule has 2 aromatic rings. The second kappa shape index (κ2) is 5.70. The van der Waals surface area contributed by atoms with E-state index in [1.807, 2.05) is 68.4 Å². The molecular formula is C18H19NO2. The predicted octanol–water partition coefficient (Wildman–Crippen LogP) is 3.37. The van der Waals surface area contributed by atoms with Crippen LogP contribution in [0.15, 0.2) is 54.6 Å². The van der Waals surface area contributed by atoms with Crippen LogP contribution in [0.2, 0.25) is 0 Å². The molecule has 0 amide bonds. The smallest absolute Gasteiger partial charge is 0.187 e. The number of para-hydroxylation sites is 1. The molecule has 0 aliphatic carbocycles. The summed E-state index contributed by atoms with van der Waals surface area (Å²) in [7, 11) is 0. The molecule has 3 nitrogen and oxygen atoms in total. The molecule has 2 aromatic carbocycles. The first-order valence-electron chi connectivity index (χ1n) is 7.27. The first kappa shape index (κ1) is 13.8. The molecule has 1 aliphatic rings. The molecule has 3 heteroatoms. The van der Waals surface area contributed by atoms with Gasteiger partial charge in [-0.25, -0.2) is 0 Å². The Balaban J connectivity index is 2.03. The van der Waals surface area contributed by atoms with Gasteiger partial charge in [-0.2, -0.15) is 0 Å². The Morgan fingerprint density at radius 2 is 1.67 bits per heavy atom. The lowest BCUT2D eigenvalue weighted by Gasteiger charge is -2.34. The van der Waals surface area contributed by atoms with Gasteiger partial charge in [0.15, 0.2) is 5.78 Å². The second-order valence-corrected chi connectivity index (χ2v) is 5.61. The molecule has 1 heterocycles. The van der Waals surface area contributed by atoms with Gasteiger partial charge < -0.3 is 10.1 Å². The van der Waals surface area contributed by atoms with Crippen LogP contribution in [-0.2, 0) is 0 Å². The van der Waals surface area contributed by atoms with E-state index in [9.17, 15) is 4.79 Å². The van der Waals surface area contributed by atoms with Crippen molar-refractivity contribution in [1.29, 1.82) is 0 Å². The Bertz CT molecular complexity index is 637. The maximum atomic E-state index is 12.8. The SMILES string of the molecule is CC(C)N[C@H]1C(=O)c2ccccc2O[C@H]1c1ccccc1. The molecule has 0 saturated carbocycles. The first-order chi connectivity index (χ1) is 10.2. The average Bonchev–Trinajstić information content (AvgIpc) is 2.50. The summed E-state index contributed by atoms with van der Waals surface area (Å²) >= 11 is 0. The third-order valence-electron chi connectivity index (χ3n) is 3.63. The lowest BCUT2D eigenvalue weighted by atomic mass is 9.91. The summed E-state index contributed by atoms with van der Waals surface area (Å²) in [4.78, 5) is 12.8. The number of carbonyl (C=O) groups excluding carboxylic acids is 1. The van der Waals surface area contributed by atoms with Crippen molar-refractivity contribution in [2.45, 2.75) is 32.0 Å². The van der Waals surface area contributed by atoms with E-state index in [0.717, 1.165) is 5.56 Å². The van der Waals surface area contributed by atoms with Crippen molar-refractivity contribution < 1.29 is 9.53 Å². The molecule has 2 atom stereocenters. The molecular weight excluding hydrogens is 262 g/mol. The summed E-state index contributed by atoms with van der Waals surface area (Å²) in [5.74, 6) is 0.762. The van der Waals surface area contributed by atoms with Crippen LogP contribution >= 0.6 is 0 Å². The van der Waals surface area contributed by atoms with E-state index in [1.165, 1.54) is 0 Å². The van der Waals surface area contributed by atoms with Crippen molar-refractivity contribution in [3.8, 4) is 5.75 Å². The number of fused-ring (bicyclic) bond motifs is 1. The highest BCUT2D eigenvalue weighted by Gasteiger charge is 2.38. The highest BCUT2D eigenvalue weighted by atomic mass is 16.5. The molecule has 0 fully saturated rings. The van der Waals surface area contributed by atoms with Crippen LogP contribution in [-0.4, -0.2) is 17.9 Å². The lowest BCUT2D eigenvalue weighted by Crippen LogP contribution is -2.49. The zero-order valence-electron chi connectivity index (χ0n) is 12.2. The van der Waals surface area contributed by atoms with E-state index < -0.39 is 0 Å². The topological polar surface area (TPSA) is 38.3 Å². The highest BCUT2D eigenvalue weighted by Crippen LogP contribution is 2.35. The van der Waals surface area contributed by atoms with Crippen LogP contribution in [0.25, 0.3) is 0 Å². The third-order valence-corrected chi connectivity index (χ3v) is 3.63. The molecule has 21 heavy (non-hydrogen) atoms. The zero-order valence-corrected chi connectivity index (χ0v) is 12.2. The van der Waals surface area contributed by atoms with Gasteiger partial charge >= 0.3 is 0 Å². The van der Waals surface area contributed by atoms with Gasteiger partial charge in [0.2, 0.25) is 0 Å². The van der Waals surface area contributed by atoms with E-state index in [1.54, 1.807) is 0 Å². The molecule has 0 spiro atoms. The van der Waals surface area contributed by atoms with Gasteiger partial charge in [-0.1, -0.05) is 56.3 Å². The summed E-state index contributed by atoms with van der Waals surface area (Å²) in [6, 6.07) is 17.2. The number of Topliss-reactive ketones (excluding diaryl/α,β-unsaturated/α-hetero) is 1. The van der Waals surface area contributed by atoms with Gasteiger partial charge in [0.05, 0.1) is 5.56 Å². The fourth-order valence-corrected chi connectivity index (χ4v) is 2.71. The molecule has 108 valence electrons. The largest absolute Gasteiger partial charge is 0.483 e. The standard InChI is InChI=1S/C18H19NO2/c1-12(2)19-16-17(20)14-10-6-7-11-15(14)21-18(16)13-8-4-3-5-9-13/h3-12,16,18-19H,1-2H3/t16-,18-/m0/s1. The summed E-state index contributed by atoms with van der Waals surface area (Å²) in [6.45, 7) is 4.08. The van der Waals surface area contributed by atoms with Crippen LogP contribution in [0.3, 0.4) is 0 Å². The van der Waals surface area contributed by atoms with Crippen molar-refractivity contribution in [1.82, 2.24) is 5.32 Å². The molecule has 0 aromatic heterocycles. The van der Waals surface area contributed by atoms with Crippen LogP contribution in [0, 0.1) is 0 Å². The zero-order chi connectivity index (χ0) is 14.8. The second-order valence-electron chi connectivity index (χ2n) is 5.61. The number of ether oxygens (including phenoxy) is 1. The van der Waals surface area contributed by atoms with E-state index in [2.05, 4.69) is 5.32 Å².